The van der Waals surface area contributed by atoms with Gasteiger partial charge in [-0.1, -0.05) is 43.0 Å². The summed E-state index contributed by atoms with van der Waals surface area (Å²) >= 11 is 6.09. The van der Waals surface area contributed by atoms with Gasteiger partial charge in [-0.15, -0.1) is 0 Å². The van der Waals surface area contributed by atoms with Crippen LogP contribution in [0.1, 0.15) is 69.8 Å². The molecule has 1 saturated heterocycles. The number of nitrogens with one attached hydrogen (secondary N) is 2. The molecule has 2 amide bonds. The lowest BCUT2D eigenvalue weighted by atomic mass is 9.74. The average molecular weight is 542 g/mol. The minimum absolute atomic E-state index is 0.0233. The minimum Gasteiger partial charge on any atom is -0.391 e. The fourth-order valence-electron chi connectivity index (χ4n) is 6.12. The van der Waals surface area contributed by atoms with E-state index in [2.05, 4.69) is 10.6 Å². The number of unbranched alkanes of at least 4 members (excludes halogenated alkanes) is 1. The number of carbonyl (C=O) groups is 1. The predicted molar refractivity (Wildman–Crippen MR) is 144 cm³/mol. The number of hydrogen-bond acceptors (Lipinski definition) is 5. The van der Waals surface area contributed by atoms with Crippen molar-refractivity contribution < 1.29 is 24.1 Å². The van der Waals surface area contributed by atoms with E-state index in [0.717, 1.165) is 32.1 Å². The Hall–Kier alpha value is -1.45. The zero-order valence-electron chi connectivity index (χ0n) is 22.4. The van der Waals surface area contributed by atoms with Crippen molar-refractivity contribution in [2.24, 2.45) is 11.8 Å². The quantitative estimate of drug-likeness (QED) is 0.294. The van der Waals surface area contributed by atoms with Crippen LogP contribution in [0.2, 0.25) is 5.02 Å². The summed E-state index contributed by atoms with van der Waals surface area (Å²) in [4.78, 5) is 15.1. The zero-order chi connectivity index (χ0) is 26.8. The summed E-state index contributed by atoms with van der Waals surface area (Å²) in [6.45, 7) is 1.87. The SMILES string of the molecule is CNCC(NC(=O)N1CCCC(C(O)(CCCCOC)c2cccc(Cl)c2F)C1)C(O)C1CCCCC1. The van der Waals surface area contributed by atoms with Crippen molar-refractivity contribution in [1.82, 2.24) is 15.5 Å². The second-order valence-electron chi connectivity index (χ2n) is 10.8. The smallest absolute Gasteiger partial charge is 0.317 e. The number of urea groups is 1. The Bertz CT molecular complexity index is 857. The van der Waals surface area contributed by atoms with Crippen LogP contribution >= 0.6 is 11.6 Å². The van der Waals surface area contributed by atoms with Gasteiger partial charge in [-0.25, -0.2) is 9.18 Å². The van der Waals surface area contributed by atoms with Crippen LogP contribution in [0.25, 0.3) is 0 Å². The van der Waals surface area contributed by atoms with Crippen molar-refractivity contribution in [3.63, 3.8) is 0 Å². The summed E-state index contributed by atoms with van der Waals surface area (Å²) in [5, 5.41) is 29.2. The van der Waals surface area contributed by atoms with Gasteiger partial charge in [-0.05, 0) is 64.0 Å². The topological polar surface area (TPSA) is 94.1 Å². The first kappa shape index (κ1) is 30.1. The maximum Gasteiger partial charge on any atom is 0.317 e. The molecule has 7 nitrogen and oxygen atoms in total. The number of likely N-dealkylation sites (tertiary alicyclic amines) is 1. The summed E-state index contributed by atoms with van der Waals surface area (Å²) in [6.07, 6.45) is 7.85. The van der Waals surface area contributed by atoms with E-state index in [4.69, 9.17) is 16.3 Å². The number of carbonyl (C=O) groups excluding carboxylic acids is 1. The highest BCUT2D eigenvalue weighted by atomic mass is 35.5. The molecule has 3 rings (SSSR count). The molecule has 2 fully saturated rings. The van der Waals surface area contributed by atoms with Crippen LogP contribution in [0.5, 0.6) is 0 Å². The summed E-state index contributed by atoms with van der Waals surface area (Å²) in [5.41, 5.74) is -1.28. The fourth-order valence-corrected chi connectivity index (χ4v) is 6.29. The number of likely N-dealkylation sites (N-methyl/N-ethyl adjacent to an activating group) is 1. The average Bonchev–Trinajstić information content (AvgIpc) is 2.92. The maximum atomic E-state index is 15.2. The summed E-state index contributed by atoms with van der Waals surface area (Å²) < 4.78 is 20.3. The van der Waals surface area contributed by atoms with Crippen LogP contribution in [0, 0.1) is 17.7 Å². The number of ether oxygens (including phenoxy) is 1. The molecule has 1 saturated carbocycles. The van der Waals surface area contributed by atoms with Crippen LogP contribution in [-0.4, -0.2) is 73.7 Å². The van der Waals surface area contributed by atoms with E-state index in [1.54, 1.807) is 24.1 Å². The number of benzene rings is 1. The van der Waals surface area contributed by atoms with E-state index in [1.807, 2.05) is 7.05 Å². The third kappa shape index (κ3) is 7.79. The molecule has 1 heterocycles. The number of hydrogen-bond donors (Lipinski definition) is 4. The van der Waals surface area contributed by atoms with Crippen LogP contribution < -0.4 is 10.6 Å². The Morgan fingerprint density at radius 3 is 2.70 bits per heavy atom. The first-order valence-electron chi connectivity index (χ1n) is 13.9. The van der Waals surface area contributed by atoms with Gasteiger partial charge >= 0.3 is 6.03 Å². The molecular weight excluding hydrogens is 497 g/mol. The molecule has 1 aliphatic heterocycles. The first-order chi connectivity index (χ1) is 17.8. The second kappa shape index (κ2) is 14.6. The van der Waals surface area contributed by atoms with Gasteiger partial charge in [0, 0.05) is 44.8 Å². The monoisotopic (exact) mass is 541 g/mol. The molecule has 1 aliphatic carbocycles. The molecule has 4 atom stereocenters. The number of amides is 2. The maximum absolute atomic E-state index is 15.2. The number of aliphatic hydroxyl groups excluding tert-OH is 1. The van der Waals surface area contributed by atoms with Crippen molar-refractivity contribution in [1.29, 1.82) is 0 Å². The van der Waals surface area contributed by atoms with Crippen LogP contribution in [0.15, 0.2) is 18.2 Å². The van der Waals surface area contributed by atoms with Gasteiger partial charge in [0.1, 0.15) is 5.82 Å². The number of aliphatic hydroxyl groups is 2. The lowest BCUT2D eigenvalue weighted by Gasteiger charge is -2.43. The molecule has 210 valence electrons. The number of rotatable bonds is 12. The Balaban J connectivity index is 1.75. The highest BCUT2D eigenvalue weighted by Gasteiger charge is 2.43. The van der Waals surface area contributed by atoms with Gasteiger partial charge in [-0.2, -0.15) is 0 Å². The van der Waals surface area contributed by atoms with Gasteiger partial charge in [0.05, 0.1) is 22.8 Å². The van der Waals surface area contributed by atoms with Crippen LogP contribution in [-0.2, 0) is 10.3 Å². The lowest BCUT2D eigenvalue weighted by molar-refractivity contribution is -0.0590. The molecule has 4 N–H and O–H groups in total. The summed E-state index contributed by atoms with van der Waals surface area (Å²) in [7, 11) is 3.44. The van der Waals surface area contributed by atoms with E-state index in [0.29, 0.717) is 51.9 Å². The third-order valence-electron chi connectivity index (χ3n) is 8.24. The van der Waals surface area contributed by atoms with E-state index < -0.39 is 23.6 Å². The molecule has 1 aromatic carbocycles. The minimum atomic E-state index is -1.46. The van der Waals surface area contributed by atoms with Crippen molar-refractivity contribution in [3.05, 3.63) is 34.6 Å². The van der Waals surface area contributed by atoms with Gasteiger partial charge in [0.2, 0.25) is 0 Å². The standard InChI is InChI=1S/C28H45ClFN3O4/c1-31-18-24(26(34)20-10-4-3-5-11-20)32-27(35)33-16-9-12-21(19-33)28(36,15-6-7-17-37-2)22-13-8-14-23(29)25(22)30/h8,13-14,20-21,24,26,31,34,36H,3-7,9-12,15-19H2,1-2H3,(H,32,35). The van der Waals surface area contributed by atoms with Crippen molar-refractivity contribution >= 4 is 17.6 Å². The molecule has 0 bridgehead atoms. The molecule has 4 unspecified atom stereocenters. The van der Waals surface area contributed by atoms with E-state index in [1.165, 1.54) is 12.5 Å². The number of nitrogens with zero attached hydrogens (tertiary/aromatic N) is 1. The first-order valence-corrected chi connectivity index (χ1v) is 14.2. The molecular formula is C28H45ClFN3O4. The van der Waals surface area contributed by atoms with Gasteiger partial charge < -0.3 is 30.5 Å². The molecule has 1 aromatic rings. The summed E-state index contributed by atoms with van der Waals surface area (Å²) in [5.74, 6) is -0.775. The molecule has 2 aliphatic rings. The largest absolute Gasteiger partial charge is 0.391 e. The number of methoxy groups -OCH3 is 1. The van der Waals surface area contributed by atoms with Crippen LogP contribution in [0.3, 0.4) is 0 Å². The van der Waals surface area contributed by atoms with Crippen molar-refractivity contribution in [2.75, 3.05) is 40.4 Å². The van der Waals surface area contributed by atoms with Crippen LogP contribution in [0.4, 0.5) is 9.18 Å². The molecule has 9 heteroatoms. The van der Waals surface area contributed by atoms with Crippen molar-refractivity contribution in [3.8, 4) is 0 Å². The van der Waals surface area contributed by atoms with Gasteiger partial charge in [-0.3, -0.25) is 0 Å². The fraction of sp³-hybridized carbons (Fsp3) is 0.750. The summed E-state index contributed by atoms with van der Waals surface area (Å²) in [6, 6.07) is 4.07. The second-order valence-corrected chi connectivity index (χ2v) is 11.2. The Morgan fingerprint density at radius 1 is 1.24 bits per heavy atom. The molecule has 0 spiro atoms. The highest BCUT2D eigenvalue weighted by molar-refractivity contribution is 6.30. The molecule has 37 heavy (non-hydrogen) atoms. The van der Waals surface area contributed by atoms with E-state index >= 15 is 4.39 Å². The highest BCUT2D eigenvalue weighted by Crippen LogP contribution is 2.42. The predicted octanol–water partition coefficient (Wildman–Crippen LogP) is 4.43. The third-order valence-corrected chi connectivity index (χ3v) is 8.53. The van der Waals surface area contributed by atoms with Crippen molar-refractivity contribution in [2.45, 2.75) is 82.0 Å². The number of piperidine rings is 1. The van der Waals surface area contributed by atoms with E-state index in [-0.39, 0.29) is 28.5 Å². The lowest BCUT2D eigenvalue weighted by Crippen LogP contribution is -2.57. The van der Waals surface area contributed by atoms with E-state index in [9.17, 15) is 15.0 Å². The van der Waals surface area contributed by atoms with Gasteiger partial charge in [0.15, 0.2) is 0 Å². The normalized spacial score (nSPS) is 22.3. The van der Waals surface area contributed by atoms with Gasteiger partial charge in [0.25, 0.3) is 0 Å². The Kier molecular flexibility index (Phi) is 11.9. The Morgan fingerprint density at radius 2 is 2.00 bits per heavy atom. The number of halogens is 2. The molecule has 0 radical (unpaired) electrons. The zero-order valence-corrected chi connectivity index (χ0v) is 23.1. The Labute approximate surface area is 226 Å². The molecule has 0 aromatic heterocycles.